The van der Waals surface area contributed by atoms with E-state index >= 15 is 0 Å². The summed E-state index contributed by atoms with van der Waals surface area (Å²) in [7, 11) is 0. The Kier molecular flexibility index (Phi) is 11.6. The van der Waals surface area contributed by atoms with Gasteiger partial charge in [-0.2, -0.15) is 0 Å². The van der Waals surface area contributed by atoms with E-state index in [9.17, 15) is 9.59 Å². The van der Waals surface area contributed by atoms with Crippen LogP contribution in [-0.4, -0.2) is 24.6 Å². The number of ether oxygens (including phenoxy) is 2. The van der Waals surface area contributed by atoms with Gasteiger partial charge >= 0.3 is 11.9 Å². The Morgan fingerprint density at radius 3 is 2.24 bits per heavy atom. The van der Waals surface area contributed by atoms with Gasteiger partial charge in [0.05, 0.1) is 12.7 Å². The average Bonchev–Trinajstić information content (AvgIpc) is 2.41. The molecule has 0 amide bonds. The van der Waals surface area contributed by atoms with Crippen LogP contribution in [0, 0.1) is 5.92 Å². The number of carbonyl (C=O) groups is 2. The van der Waals surface area contributed by atoms with Crippen molar-refractivity contribution in [1.29, 1.82) is 0 Å². The van der Waals surface area contributed by atoms with E-state index in [0.717, 1.165) is 50.7 Å². The molecule has 0 aromatic rings. The third kappa shape index (κ3) is 13.4. The van der Waals surface area contributed by atoms with Crippen LogP contribution in [0.1, 0.15) is 66.2 Å². The molecular formula is C17H30O4. The van der Waals surface area contributed by atoms with Crippen LogP contribution in [0.3, 0.4) is 0 Å². The average molecular weight is 298 g/mol. The van der Waals surface area contributed by atoms with Crippen LogP contribution in [0.4, 0.5) is 0 Å². The zero-order valence-electron chi connectivity index (χ0n) is 13.9. The third-order valence-electron chi connectivity index (χ3n) is 3.06. The fourth-order valence-corrected chi connectivity index (χ4v) is 1.83. The van der Waals surface area contributed by atoms with Gasteiger partial charge in [-0.1, -0.05) is 33.6 Å². The lowest BCUT2D eigenvalue weighted by Gasteiger charge is -2.11. The minimum atomic E-state index is -0.491. The molecule has 0 saturated carbocycles. The Morgan fingerprint density at radius 2 is 1.62 bits per heavy atom. The highest BCUT2D eigenvalue weighted by molar-refractivity contribution is 5.91. The number of esters is 2. The summed E-state index contributed by atoms with van der Waals surface area (Å²) in [5, 5.41) is 0. The maximum atomic E-state index is 11.5. The van der Waals surface area contributed by atoms with E-state index < -0.39 is 11.9 Å². The van der Waals surface area contributed by atoms with E-state index in [1.165, 1.54) is 0 Å². The maximum absolute atomic E-state index is 11.5. The molecule has 0 aromatic heterocycles. The molecule has 0 bridgehead atoms. The molecule has 0 heterocycles. The molecule has 0 spiro atoms. The predicted molar refractivity (Wildman–Crippen MR) is 83.9 cm³/mol. The minimum Gasteiger partial charge on any atom is -0.463 e. The van der Waals surface area contributed by atoms with Crippen LogP contribution in [0.15, 0.2) is 12.2 Å². The number of rotatable bonds is 11. The van der Waals surface area contributed by atoms with Gasteiger partial charge in [-0.3, -0.25) is 0 Å². The molecule has 122 valence electrons. The van der Waals surface area contributed by atoms with Crippen LogP contribution in [0.25, 0.3) is 0 Å². The second kappa shape index (κ2) is 12.4. The highest BCUT2D eigenvalue weighted by atomic mass is 16.5. The lowest BCUT2D eigenvalue weighted by atomic mass is 10.1. The minimum absolute atomic E-state index is 0.115. The first-order chi connectivity index (χ1) is 9.95. The summed E-state index contributed by atoms with van der Waals surface area (Å²) in [6.07, 6.45) is 8.21. The molecule has 0 saturated heterocycles. The van der Waals surface area contributed by atoms with Crippen LogP contribution in [0.2, 0.25) is 0 Å². The van der Waals surface area contributed by atoms with Crippen molar-refractivity contribution >= 4 is 11.9 Å². The first-order valence-corrected chi connectivity index (χ1v) is 8.01. The largest absolute Gasteiger partial charge is 0.463 e. The zero-order chi connectivity index (χ0) is 16.1. The normalized spacial score (nSPS) is 12.6. The first kappa shape index (κ1) is 19.7. The quantitative estimate of drug-likeness (QED) is 0.328. The summed E-state index contributed by atoms with van der Waals surface area (Å²) in [6, 6.07) is 0. The standard InChI is InChI=1S/C17H30O4/c1-5-6-7-10-15(4)21-17(19)12-11-16(18)20-13-8-9-14(2)3/h11-12,14-15H,5-10,13H2,1-4H3/b12-11+. The van der Waals surface area contributed by atoms with Crippen molar-refractivity contribution in [2.24, 2.45) is 5.92 Å². The summed E-state index contributed by atoms with van der Waals surface area (Å²) >= 11 is 0. The van der Waals surface area contributed by atoms with E-state index in [0.29, 0.717) is 12.5 Å². The summed E-state index contributed by atoms with van der Waals surface area (Å²) < 4.78 is 10.2. The van der Waals surface area contributed by atoms with Gasteiger partial charge in [-0.15, -0.1) is 0 Å². The molecule has 4 heteroatoms. The van der Waals surface area contributed by atoms with Crippen molar-refractivity contribution in [3.63, 3.8) is 0 Å². The Hall–Kier alpha value is -1.32. The fraction of sp³-hybridized carbons (Fsp3) is 0.765. The second-order valence-electron chi connectivity index (χ2n) is 5.78. The van der Waals surface area contributed by atoms with Gasteiger partial charge in [-0.05, 0) is 38.5 Å². The van der Waals surface area contributed by atoms with Crippen molar-refractivity contribution < 1.29 is 19.1 Å². The van der Waals surface area contributed by atoms with Crippen LogP contribution >= 0.6 is 0 Å². The molecule has 0 fully saturated rings. The molecule has 0 N–H and O–H groups in total. The topological polar surface area (TPSA) is 52.6 Å². The molecule has 0 aliphatic carbocycles. The first-order valence-electron chi connectivity index (χ1n) is 8.01. The molecule has 1 unspecified atom stereocenters. The van der Waals surface area contributed by atoms with E-state index in [1.807, 2.05) is 6.92 Å². The predicted octanol–water partition coefficient (Wildman–Crippen LogP) is 4.03. The van der Waals surface area contributed by atoms with Crippen LogP contribution in [-0.2, 0) is 19.1 Å². The molecule has 0 rings (SSSR count). The van der Waals surface area contributed by atoms with Crippen molar-refractivity contribution in [3.05, 3.63) is 12.2 Å². The monoisotopic (exact) mass is 298 g/mol. The lowest BCUT2D eigenvalue weighted by Crippen LogP contribution is -2.13. The Labute approximate surface area is 128 Å². The Balaban J connectivity index is 3.79. The van der Waals surface area contributed by atoms with E-state index in [2.05, 4.69) is 20.8 Å². The highest BCUT2D eigenvalue weighted by Gasteiger charge is 2.07. The summed E-state index contributed by atoms with van der Waals surface area (Å²) in [6.45, 7) is 8.64. The van der Waals surface area contributed by atoms with Gasteiger partial charge in [0.1, 0.15) is 0 Å². The Morgan fingerprint density at radius 1 is 0.952 bits per heavy atom. The van der Waals surface area contributed by atoms with Gasteiger partial charge in [0.2, 0.25) is 0 Å². The zero-order valence-corrected chi connectivity index (χ0v) is 13.9. The molecule has 1 atom stereocenters. The van der Waals surface area contributed by atoms with Crippen molar-refractivity contribution in [2.75, 3.05) is 6.61 Å². The van der Waals surface area contributed by atoms with Gasteiger partial charge < -0.3 is 9.47 Å². The van der Waals surface area contributed by atoms with Crippen LogP contribution < -0.4 is 0 Å². The second-order valence-corrected chi connectivity index (χ2v) is 5.78. The van der Waals surface area contributed by atoms with Crippen molar-refractivity contribution in [2.45, 2.75) is 72.3 Å². The molecule has 0 aromatic carbocycles. The molecule has 4 nitrogen and oxygen atoms in total. The summed E-state index contributed by atoms with van der Waals surface area (Å²) in [4.78, 5) is 22.9. The molecular weight excluding hydrogens is 268 g/mol. The van der Waals surface area contributed by atoms with Crippen molar-refractivity contribution in [3.8, 4) is 0 Å². The molecule has 0 aliphatic rings. The number of hydrogen-bond donors (Lipinski definition) is 0. The molecule has 21 heavy (non-hydrogen) atoms. The summed E-state index contributed by atoms with van der Waals surface area (Å²) in [5.41, 5.74) is 0. The van der Waals surface area contributed by atoms with Gasteiger partial charge in [0, 0.05) is 12.2 Å². The SMILES string of the molecule is CCCCCC(C)OC(=O)/C=C/C(=O)OCCCC(C)C. The van der Waals surface area contributed by atoms with Crippen LogP contribution in [0.5, 0.6) is 0 Å². The Bertz CT molecular complexity index is 321. The van der Waals surface area contributed by atoms with E-state index in [4.69, 9.17) is 9.47 Å². The number of carbonyl (C=O) groups excluding carboxylic acids is 2. The smallest absolute Gasteiger partial charge is 0.331 e. The fourth-order valence-electron chi connectivity index (χ4n) is 1.83. The summed E-state index contributed by atoms with van der Waals surface area (Å²) in [5.74, 6) is -0.379. The van der Waals surface area contributed by atoms with Gasteiger partial charge in [0.25, 0.3) is 0 Å². The third-order valence-corrected chi connectivity index (χ3v) is 3.06. The highest BCUT2D eigenvalue weighted by Crippen LogP contribution is 2.07. The molecule has 0 radical (unpaired) electrons. The number of unbranched alkanes of at least 4 members (excludes halogenated alkanes) is 2. The molecule has 0 aliphatic heterocycles. The van der Waals surface area contributed by atoms with Gasteiger partial charge in [-0.25, -0.2) is 9.59 Å². The van der Waals surface area contributed by atoms with Gasteiger partial charge in [0.15, 0.2) is 0 Å². The number of hydrogen-bond acceptors (Lipinski definition) is 4. The van der Waals surface area contributed by atoms with E-state index in [-0.39, 0.29) is 6.10 Å². The maximum Gasteiger partial charge on any atom is 0.331 e. The van der Waals surface area contributed by atoms with Crippen molar-refractivity contribution in [1.82, 2.24) is 0 Å². The van der Waals surface area contributed by atoms with E-state index in [1.54, 1.807) is 0 Å². The lowest BCUT2D eigenvalue weighted by molar-refractivity contribution is -0.143.